The molecule has 0 bridgehead atoms. The number of hydrogen-bond acceptors (Lipinski definition) is 4. The molecule has 4 nitrogen and oxygen atoms in total. The van der Waals surface area contributed by atoms with Crippen LogP contribution in [0.3, 0.4) is 0 Å². The summed E-state index contributed by atoms with van der Waals surface area (Å²) in [4.78, 5) is 6.93. The molecule has 1 aliphatic heterocycles. The minimum absolute atomic E-state index is 0.346. The lowest BCUT2D eigenvalue weighted by molar-refractivity contribution is 0.162. The Bertz CT molecular complexity index is 624. The fourth-order valence-electron chi connectivity index (χ4n) is 3.60. The number of nitrogens with one attached hydrogen (secondary N) is 1. The van der Waals surface area contributed by atoms with Gasteiger partial charge in [0.1, 0.15) is 11.6 Å². The number of ether oxygens (including phenoxy) is 1. The van der Waals surface area contributed by atoms with Crippen molar-refractivity contribution in [2.45, 2.75) is 38.3 Å². The molecule has 1 unspecified atom stereocenters. The van der Waals surface area contributed by atoms with Crippen molar-refractivity contribution < 1.29 is 4.74 Å². The van der Waals surface area contributed by atoms with Gasteiger partial charge in [0.2, 0.25) is 0 Å². The largest absolute Gasteiger partial charge is 0.496 e. The number of anilines is 1. The van der Waals surface area contributed by atoms with Gasteiger partial charge >= 0.3 is 0 Å². The number of hydrogen-bond donors (Lipinski definition) is 1. The van der Waals surface area contributed by atoms with E-state index in [4.69, 9.17) is 4.74 Å². The highest BCUT2D eigenvalue weighted by molar-refractivity contribution is 5.37. The van der Waals surface area contributed by atoms with Gasteiger partial charge in [0.15, 0.2) is 0 Å². The summed E-state index contributed by atoms with van der Waals surface area (Å²) >= 11 is 0. The molecule has 3 rings (SSSR count). The predicted molar refractivity (Wildman–Crippen MR) is 98.5 cm³/mol. The Morgan fingerprint density at radius 3 is 2.58 bits per heavy atom. The van der Waals surface area contributed by atoms with E-state index in [1.54, 1.807) is 7.11 Å². The molecule has 0 radical (unpaired) electrons. The molecule has 1 aromatic carbocycles. The van der Waals surface area contributed by atoms with Crippen molar-refractivity contribution >= 4 is 5.82 Å². The lowest BCUT2D eigenvalue weighted by atomic mass is 9.88. The van der Waals surface area contributed by atoms with E-state index in [0.717, 1.165) is 31.1 Å². The van der Waals surface area contributed by atoms with Crippen LogP contribution in [0.15, 0.2) is 48.7 Å². The van der Waals surface area contributed by atoms with Gasteiger partial charge in [0, 0.05) is 19.3 Å². The highest BCUT2D eigenvalue weighted by atomic mass is 16.5. The number of rotatable bonds is 6. The summed E-state index contributed by atoms with van der Waals surface area (Å²) in [6, 6.07) is 14.4. The maximum Gasteiger partial charge on any atom is 0.127 e. The third-order valence-electron chi connectivity index (χ3n) is 4.92. The smallest absolute Gasteiger partial charge is 0.127 e. The minimum atomic E-state index is 0.346. The van der Waals surface area contributed by atoms with Crippen molar-refractivity contribution in [2.24, 2.45) is 0 Å². The molecule has 4 heteroatoms. The van der Waals surface area contributed by atoms with Gasteiger partial charge in [-0.15, -0.1) is 0 Å². The molecule has 2 aromatic rings. The summed E-state index contributed by atoms with van der Waals surface area (Å²) < 4.78 is 5.54. The molecule has 0 spiro atoms. The third-order valence-corrected chi connectivity index (χ3v) is 4.92. The Hall–Kier alpha value is -2.07. The fourth-order valence-corrected chi connectivity index (χ4v) is 3.60. The molecule has 1 N–H and O–H groups in total. The van der Waals surface area contributed by atoms with Gasteiger partial charge < -0.3 is 10.1 Å². The van der Waals surface area contributed by atoms with Crippen molar-refractivity contribution in [1.29, 1.82) is 0 Å². The second kappa shape index (κ2) is 8.15. The molecule has 0 saturated carbocycles. The van der Waals surface area contributed by atoms with E-state index in [9.17, 15) is 0 Å². The van der Waals surface area contributed by atoms with E-state index in [-0.39, 0.29) is 0 Å². The van der Waals surface area contributed by atoms with Crippen LogP contribution in [0.4, 0.5) is 5.82 Å². The topological polar surface area (TPSA) is 37.4 Å². The molecule has 0 amide bonds. The first kappa shape index (κ1) is 16.8. The zero-order valence-electron chi connectivity index (χ0n) is 14.6. The lowest BCUT2D eigenvalue weighted by Crippen LogP contribution is -2.45. The van der Waals surface area contributed by atoms with Crippen LogP contribution < -0.4 is 10.1 Å². The molecule has 24 heavy (non-hydrogen) atoms. The van der Waals surface area contributed by atoms with E-state index in [2.05, 4.69) is 40.3 Å². The first-order chi connectivity index (χ1) is 11.8. The third kappa shape index (κ3) is 3.88. The molecule has 0 aliphatic carbocycles. The zero-order chi connectivity index (χ0) is 16.8. The first-order valence-corrected chi connectivity index (χ1v) is 8.86. The second-order valence-corrected chi connectivity index (χ2v) is 6.34. The number of benzene rings is 1. The van der Waals surface area contributed by atoms with Crippen LogP contribution in [0.1, 0.15) is 37.7 Å². The van der Waals surface area contributed by atoms with Crippen molar-refractivity contribution in [3.05, 3.63) is 54.2 Å². The quantitative estimate of drug-likeness (QED) is 0.867. The van der Waals surface area contributed by atoms with E-state index in [1.165, 1.54) is 18.4 Å². The van der Waals surface area contributed by atoms with Crippen LogP contribution in [-0.2, 0) is 0 Å². The van der Waals surface area contributed by atoms with Crippen molar-refractivity contribution in [2.75, 3.05) is 25.5 Å². The van der Waals surface area contributed by atoms with Crippen LogP contribution in [-0.4, -0.2) is 36.2 Å². The van der Waals surface area contributed by atoms with Crippen LogP contribution in [0.2, 0.25) is 0 Å². The fraction of sp³-hybridized carbons (Fsp3) is 0.450. The van der Waals surface area contributed by atoms with Crippen molar-refractivity contribution in [3.63, 3.8) is 0 Å². The van der Waals surface area contributed by atoms with Gasteiger partial charge in [-0.3, -0.25) is 4.90 Å². The van der Waals surface area contributed by atoms with Crippen LogP contribution in [0.25, 0.3) is 0 Å². The number of aromatic nitrogens is 1. The Labute approximate surface area is 144 Å². The maximum atomic E-state index is 5.54. The number of nitrogens with zero attached hydrogens (tertiary/aromatic N) is 2. The van der Waals surface area contributed by atoms with Crippen LogP contribution >= 0.6 is 0 Å². The van der Waals surface area contributed by atoms with Gasteiger partial charge in [-0.1, -0.05) is 31.2 Å². The van der Waals surface area contributed by atoms with E-state index >= 15 is 0 Å². The molecule has 1 fully saturated rings. The highest BCUT2D eigenvalue weighted by Gasteiger charge is 2.26. The Balaban J connectivity index is 1.61. The molecule has 2 heterocycles. The summed E-state index contributed by atoms with van der Waals surface area (Å²) in [7, 11) is 1.76. The highest BCUT2D eigenvalue weighted by Crippen LogP contribution is 2.34. The lowest BCUT2D eigenvalue weighted by Gasteiger charge is -2.38. The standard InChI is InChI=1S/C20H27N3O/c1-3-20(22-19-10-6-7-13-21-19)23-14-11-16(12-15-23)17-8-4-5-9-18(17)24-2/h4-10,13,16,20H,3,11-12,14-15H2,1-2H3,(H,21,22). The van der Waals surface area contributed by atoms with E-state index < -0.39 is 0 Å². The molecule has 1 atom stereocenters. The predicted octanol–water partition coefficient (Wildman–Crippen LogP) is 4.12. The van der Waals surface area contributed by atoms with Gasteiger partial charge in [-0.2, -0.15) is 0 Å². The summed E-state index contributed by atoms with van der Waals surface area (Å²) in [5.74, 6) is 2.57. The van der Waals surface area contributed by atoms with Gasteiger partial charge in [-0.05, 0) is 48.9 Å². The van der Waals surface area contributed by atoms with Crippen molar-refractivity contribution in [1.82, 2.24) is 9.88 Å². The second-order valence-electron chi connectivity index (χ2n) is 6.34. The summed E-state index contributed by atoms with van der Waals surface area (Å²) in [6.45, 7) is 4.43. The normalized spacial score (nSPS) is 17.4. The number of likely N-dealkylation sites (tertiary alicyclic amines) is 1. The zero-order valence-corrected chi connectivity index (χ0v) is 14.6. The molecule has 1 saturated heterocycles. The Morgan fingerprint density at radius 2 is 1.92 bits per heavy atom. The average Bonchev–Trinajstić information content (AvgIpc) is 2.67. The minimum Gasteiger partial charge on any atom is -0.496 e. The monoisotopic (exact) mass is 325 g/mol. The molecular formula is C20H27N3O. The van der Waals surface area contributed by atoms with Gasteiger partial charge in [0.05, 0.1) is 13.3 Å². The number of para-hydroxylation sites is 1. The SMILES string of the molecule is CCC(Nc1ccccn1)N1CCC(c2ccccc2OC)CC1. The number of methoxy groups -OCH3 is 1. The summed E-state index contributed by atoms with van der Waals surface area (Å²) in [5, 5.41) is 3.57. The van der Waals surface area contributed by atoms with Crippen molar-refractivity contribution in [3.8, 4) is 5.75 Å². The average molecular weight is 325 g/mol. The van der Waals surface area contributed by atoms with Gasteiger partial charge in [0.25, 0.3) is 0 Å². The Morgan fingerprint density at radius 1 is 1.17 bits per heavy atom. The Kier molecular flexibility index (Phi) is 5.70. The maximum absolute atomic E-state index is 5.54. The number of pyridine rings is 1. The number of piperidine rings is 1. The van der Waals surface area contributed by atoms with E-state index in [0.29, 0.717) is 12.1 Å². The molecule has 1 aliphatic rings. The van der Waals surface area contributed by atoms with E-state index in [1.807, 2.05) is 30.5 Å². The summed E-state index contributed by atoms with van der Waals surface area (Å²) in [5.41, 5.74) is 1.35. The molecular weight excluding hydrogens is 298 g/mol. The van der Waals surface area contributed by atoms with Crippen LogP contribution in [0, 0.1) is 0 Å². The summed E-state index contributed by atoms with van der Waals surface area (Å²) in [6.07, 6.45) is 5.58. The van der Waals surface area contributed by atoms with Crippen LogP contribution in [0.5, 0.6) is 5.75 Å². The molecule has 128 valence electrons. The first-order valence-electron chi connectivity index (χ1n) is 8.86. The molecule has 1 aromatic heterocycles. The van der Waals surface area contributed by atoms with Gasteiger partial charge in [-0.25, -0.2) is 4.98 Å².